The summed E-state index contributed by atoms with van der Waals surface area (Å²) in [6, 6.07) is -0.244. The van der Waals surface area contributed by atoms with Crippen molar-refractivity contribution in [2.24, 2.45) is 5.11 Å². The minimum atomic E-state index is -0.244. The SMILES string of the molecule is C[C@H](N=[N+]=[N-])[C@H]1CCC(=O)O1. The number of carbonyl (C=O) groups excluding carboxylic acids is 1. The highest BCUT2D eigenvalue weighted by atomic mass is 16.5. The second-order valence-electron chi connectivity index (χ2n) is 2.51. The minimum Gasteiger partial charge on any atom is -0.462 e. The van der Waals surface area contributed by atoms with E-state index in [1.54, 1.807) is 6.92 Å². The average Bonchev–Trinajstić information content (AvgIpc) is 2.36. The molecule has 0 radical (unpaired) electrons. The number of rotatable bonds is 2. The van der Waals surface area contributed by atoms with E-state index in [2.05, 4.69) is 10.0 Å². The molecule has 1 aliphatic rings. The van der Waals surface area contributed by atoms with E-state index in [4.69, 9.17) is 10.3 Å². The van der Waals surface area contributed by atoms with Crippen LogP contribution in [0.3, 0.4) is 0 Å². The molecule has 1 heterocycles. The van der Waals surface area contributed by atoms with E-state index in [1.807, 2.05) is 0 Å². The van der Waals surface area contributed by atoms with E-state index in [9.17, 15) is 4.79 Å². The monoisotopic (exact) mass is 155 g/mol. The largest absolute Gasteiger partial charge is 0.462 e. The van der Waals surface area contributed by atoms with Crippen LogP contribution >= 0.6 is 0 Å². The Kier molecular flexibility index (Phi) is 2.33. The van der Waals surface area contributed by atoms with Crippen molar-refractivity contribution in [1.82, 2.24) is 0 Å². The maximum absolute atomic E-state index is 10.6. The number of hydrogen-bond acceptors (Lipinski definition) is 3. The number of hydrogen-bond donors (Lipinski definition) is 0. The van der Waals surface area contributed by atoms with Gasteiger partial charge in [0.1, 0.15) is 6.10 Å². The van der Waals surface area contributed by atoms with Crippen LogP contribution < -0.4 is 0 Å². The van der Waals surface area contributed by atoms with Gasteiger partial charge in [-0.05, 0) is 12.0 Å². The molecule has 1 aliphatic heterocycles. The highest BCUT2D eigenvalue weighted by molar-refractivity contribution is 5.71. The fraction of sp³-hybridized carbons (Fsp3) is 0.833. The number of carbonyl (C=O) groups is 1. The molecule has 11 heavy (non-hydrogen) atoms. The lowest BCUT2D eigenvalue weighted by molar-refractivity contribution is -0.141. The van der Waals surface area contributed by atoms with Crippen LogP contribution in [0.15, 0.2) is 5.11 Å². The second kappa shape index (κ2) is 3.25. The van der Waals surface area contributed by atoms with Gasteiger partial charge in [0.15, 0.2) is 0 Å². The Morgan fingerprint density at radius 3 is 3.09 bits per heavy atom. The molecule has 0 bridgehead atoms. The lowest BCUT2D eigenvalue weighted by atomic mass is 10.1. The molecule has 0 aliphatic carbocycles. The van der Waals surface area contributed by atoms with Gasteiger partial charge >= 0.3 is 5.97 Å². The summed E-state index contributed by atoms with van der Waals surface area (Å²) in [5.74, 6) is -0.199. The first-order valence-electron chi connectivity index (χ1n) is 3.47. The summed E-state index contributed by atoms with van der Waals surface area (Å²) in [5.41, 5.74) is 8.08. The Labute approximate surface area is 64.0 Å². The van der Waals surface area contributed by atoms with Crippen LogP contribution in [0, 0.1) is 0 Å². The maximum Gasteiger partial charge on any atom is 0.306 e. The van der Waals surface area contributed by atoms with Crippen molar-refractivity contribution in [3.8, 4) is 0 Å². The van der Waals surface area contributed by atoms with Crippen LogP contribution in [0.5, 0.6) is 0 Å². The molecule has 1 fully saturated rings. The van der Waals surface area contributed by atoms with Crippen LogP contribution in [-0.4, -0.2) is 18.1 Å². The third-order valence-corrected chi connectivity index (χ3v) is 1.69. The first-order valence-corrected chi connectivity index (χ1v) is 3.47. The van der Waals surface area contributed by atoms with Gasteiger partial charge in [-0.25, -0.2) is 0 Å². The number of ether oxygens (including phenoxy) is 1. The number of esters is 1. The van der Waals surface area contributed by atoms with Crippen molar-refractivity contribution in [3.63, 3.8) is 0 Å². The summed E-state index contributed by atoms with van der Waals surface area (Å²) in [5, 5.41) is 3.44. The Hall–Kier alpha value is -1.22. The normalized spacial score (nSPS) is 25.5. The summed E-state index contributed by atoms with van der Waals surface area (Å²) in [7, 11) is 0. The zero-order valence-electron chi connectivity index (χ0n) is 6.23. The van der Waals surface area contributed by atoms with Gasteiger partial charge in [0.05, 0.1) is 6.04 Å². The topological polar surface area (TPSA) is 75.1 Å². The molecule has 0 N–H and O–H groups in total. The molecular weight excluding hydrogens is 146 g/mol. The van der Waals surface area contributed by atoms with Gasteiger partial charge in [0, 0.05) is 11.3 Å². The van der Waals surface area contributed by atoms with Crippen LogP contribution in [0.25, 0.3) is 10.4 Å². The summed E-state index contributed by atoms with van der Waals surface area (Å²) < 4.78 is 4.87. The molecule has 60 valence electrons. The van der Waals surface area contributed by atoms with E-state index in [1.165, 1.54) is 0 Å². The third-order valence-electron chi connectivity index (χ3n) is 1.69. The van der Waals surface area contributed by atoms with E-state index < -0.39 is 0 Å². The molecule has 2 atom stereocenters. The highest BCUT2D eigenvalue weighted by Gasteiger charge is 2.27. The van der Waals surface area contributed by atoms with Crippen LogP contribution in [0.1, 0.15) is 19.8 Å². The average molecular weight is 155 g/mol. The van der Waals surface area contributed by atoms with Crippen molar-refractivity contribution in [3.05, 3.63) is 10.4 Å². The summed E-state index contributed by atoms with van der Waals surface area (Å²) in [6.45, 7) is 1.74. The van der Waals surface area contributed by atoms with Gasteiger partial charge in [-0.3, -0.25) is 4.79 Å². The Morgan fingerprint density at radius 1 is 1.91 bits per heavy atom. The van der Waals surface area contributed by atoms with Gasteiger partial charge in [0.2, 0.25) is 0 Å². The van der Waals surface area contributed by atoms with Crippen LogP contribution in [0.4, 0.5) is 0 Å². The predicted octanol–water partition coefficient (Wildman–Crippen LogP) is 1.39. The Balaban J connectivity index is 2.48. The Bertz CT molecular complexity index is 210. The number of azide groups is 1. The highest BCUT2D eigenvalue weighted by Crippen LogP contribution is 2.18. The first kappa shape index (κ1) is 7.88. The van der Waals surface area contributed by atoms with E-state index in [-0.39, 0.29) is 18.1 Å². The predicted molar refractivity (Wildman–Crippen MR) is 37.7 cm³/mol. The maximum atomic E-state index is 10.6. The summed E-state index contributed by atoms with van der Waals surface area (Å²) in [4.78, 5) is 13.2. The van der Waals surface area contributed by atoms with E-state index in [0.717, 1.165) is 0 Å². The molecule has 0 unspecified atom stereocenters. The molecule has 1 rings (SSSR count). The molecule has 5 nitrogen and oxygen atoms in total. The van der Waals surface area contributed by atoms with Crippen LogP contribution in [-0.2, 0) is 9.53 Å². The minimum absolute atomic E-state index is 0.199. The number of nitrogens with zero attached hydrogens (tertiary/aromatic N) is 3. The lowest BCUT2D eigenvalue weighted by Crippen LogP contribution is -2.19. The first-order chi connectivity index (χ1) is 5.24. The molecule has 0 aromatic carbocycles. The fourth-order valence-electron chi connectivity index (χ4n) is 1.04. The summed E-state index contributed by atoms with van der Waals surface area (Å²) in [6.07, 6.45) is 0.896. The van der Waals surface area contributed by atoms with Gasteiger partial charge < -0.3 is 4.74 Å². The second-order valence-corrected chi connectivity index (χ2v) is 2.51. The van der Waals surface area contributed by atoms with Crippen LogP contribution in [0.2, 0.25) is 0 Å². The quantitative estimate of drug-likeness (QED) is 0.261. The molecule has 0 aromatic rings. The van der Waals surface area contributed by atoms with E-state index >= 15 is 0 Å². The summed E-state index contributed by atoms with van der Waals surface area (Å²) >= 11 is 0. The Morgan fingerprint density at radius 2 is 2.64 bits per heavy atom. The molecule has 5 heteroatoms. The smallest absolute Gasteiger partial charge is 0.306 e. The zero-order valence-corrected chi connectivity index (χ0v) is 6.23. The molecule has 0 saturated carbocycles. The lowest BCUT2D eigenvalue weighted by Gasteiger charge is -2.11. The van der Waals surface area contributed by atoms with Gasteiger partial charge in [-0.2, -0.15) is 0 Å². The van der Waals surface area contributed by atoms with E-state index in [0.29, 0.717) is 12.8 Å². The van der Waals surface area contributed by atoms with Crippen molar-refractivity contribution in [2.75, 3.05) is 0 Å². The third kappa shape index (κ3) is 1.85. The van der Waals surface area contributed by atoms with Crippen molar-refractivity contribution < 1.29 is 9.53 Å². The molecule has 1 saturated heterocycles. The zero-order chi connectivity index (χ0) is 8.27. The van der Waals surface area contributed by atoms with Gasteiger partial charge in [-0.1, -0.05) is 12.0 Å². The van der Waals surface area contributed by atoms with Gasteiger partial charge in [0.25, 0.3) is 0 Å². The standard InChI is InChI=1S/C6H9N3O2/c1-4(8-9-7)5-2-3-6(10)11-5/h4-5H,2-3H2,1H3/t4-,5+/m0/s1. The van der Waals surface area contributed by atoms with Crippen molar-refractivity contribution >= 4 is 5.97 Å². The number of cyclic esters (lactones) is 1. The molecule has 0 spiro atoms. The molecule has 0 amide bonds. The van der Waals surface area contributed by atoms with Crippen molar-refractivity contribution in [2.45, 2.75) is 31.9 Å². The van der Waals surface area contributed by atoms with Gasteiger partial charge in [-0.15, -0.1) is 0 Å². The molecular formula is C6H9N3O2. The molecule has 0 aromatic heterocycles. The van der Waals surface area contributed by atoms with Crippen molar-refractivity contribution in [1.29, 1.82) is 0 Å². The fourth-order valence-corrected chi connectivity index (χ4v) is 1.04.